The van der Waals surface area contributed by atoms with E-state index in [0.717, 1.165) is 9.75 Å². The average molecular weight is 332 g/mol. The summed E-state index contributed by atoms with van der Waals surface area (Å²) in [5.74, 6) is 0. The van der Waals surface area contributed by atoms with Gasteiger partial charge in [0.15, 0.2) is 0 Å². The maximum Gasteiger partial charge on any atom is 0.244 e. The zero-order valence-corrected chi connectivity index (χ0v) is 15.0. The van der Waals surface area contributed by atoms with Crippen LogP contribution in [-0.4, -0.2) is 56.9 Å². The van der Waals surface area contributed by atoms with E-state index in [0.29, 0.717) is 24.5 Å². The van der Waals surface area contributed by atoms with Crippen LogP contribution in [0.3, 0.4) is 0 Å². The lowest BCUT2D eigenvalue weighted by molar-refractivity contribution is 0.105. The zero-order valence-electron chi connectivity index (χ0n) is 13.4. The molecule has 1 saturated heterocycles. The topological polar surface area (TPSA) is 52.7 Å². The second-order valence-corrected chi connectivity index (χ2v) is 9.10. The first kappa shape index (κ1) is 16.9. The fourth-order valence-electron chi connectivity index (χ4n) is 2.73. The quantitative estimate of drug-likeness (QED) is 0.908. The monoisotopic (exact) mass is 331 g/mol. The number of piperazine rings is 1. The number of sulfonamides is 1. The Morgan fingerprint density at radius 3 is 2.43 bits per heavy atom. The van der Waals surface area contributed by atoms with Gasteiger partial charge in [-0.25, -0.2) is 8.42 Å². The van der Waals surface area contributed by atoms with E-state index in [9.17, 15) is 8.42 Å². The highest BCUT2D eigenvalue weighted by atomic mass is 32.2. The van der Waals surface area contributed by atoms with Crippen molar-refractivity contribution in [3.8, 4) is 0 Å². The maximum atomic E-state index is 12.9. The number of likely N-dealkylation sites (N-methyl/N-ethyl adjacent to an activating group) is 1. The Morgan fingerprint density at radius 1 is 1.33 bits per heavy atom. The Bertz CT molecular complexity index is 585. The highest BCUT2D eigenvalue weighted by molar-refractivity contribution is 7.89. The molecule has 0 amide bonds. The summed E-state index contributed by atoms with van der Waals surface area (Å²) in [4.78, 5) is 4.64. The molecule has 1 N–H and O–H groups in total. The number of thiophene rings is 1. The molecule has 1 aromatic rings. The van der Waals surface area contributed by atoms with E-state index in [1.54, 1.807) is 15.6 Å². The minimum Gasteiger partial charge on any atom is -0.315 e. The average Bonchev–Trinajstić information content (AvgIpc) is 2.77. The number of aryl methyl sites for hydroxylation is 1. The molecule has 0 radical (unpaired) electrons. The molecule has 0 saturated carbocycles. The van der Waals surface area contributed by atoms with E-state index in [1.807, 2.05) is 20.0 Å². The summed E-state index contributed by atoms with van der Waals surface area (Å²) in [6.45, 7) is 7.85. The fraction of sp³-hybridized carbons (Fsp3) is 0.714. The van der Waals surface area contributed by atoms with Crippen molar-refractivity contribution in [2.45, 2.75) is 44.3 Å². The van der Waals surface area contributed by atoms with Gasteiger partial charge < -0.3 is 5.32 Å². The lowest BCUT2D eigenvalue weighted by Crippen LogP contribution is -2.56. The van der Waals surface area contributed by atoms with Crippen molar-refractivity contribution in [1.29, 1.82) is 0 Å². The van der Waals surface area contributed by atoms with Crippen LogP contribution in [0, 0.1) is 6.92 Å². The first-order valence-corrected chi connectivity index (χ1v) is 9.49. The molecule has 7 heteroatoms. The van der Waals surface area contributed by atoms with Crippen LogP contribution >= 0.6 is 11.3 Å². The second kappa shape index (κ2) is 6.34. The highest BCUT2D eigenvalue weighted by Gasteiger charge is 2.35. The van der Waals surface area contributed by atoms with Gasteiger partial charge in [0.05, 0.1) is 4.90 Å². The summed E-state index contributed by atoms with van der Waals surface area (Å²) in [5, 5.41) is 3.07. The van der Waals surface area contributed by atoms with Crippen molar-refractivity contribution >= 4 is 21.4 Å². The van der Waals surface area contributed by atoms with Crippen LogP contribution in [0.4, 0.5) is 0 Å². The Kier molecular flexibility index (Phi) is 5.10. The van der Waals surface area contributed by atoms with Gasteiger partial charge >= 0.3 is 0 Å². The Hall–Kier alpha value is -0.470. The van der Waals surface area contributed by atoms with Gasteiger partial charge in [0.25, 0.3) is 0 Å². The SMILES string of the molecule is CNCc1cc(S(=O)(=O)N2CC(C)N(C)C(C)C2)c(C)s1. The Morgan fingerprint density at radius 2 is 1.90 bits per heavy atom. The van der Waals surface area contributed by atoms with E-state index < -0.39 is 10.0 Å². The van der Waals surface area contributed by atoms with Crippen molar-refractivity contribution in [2.75, 3.05) is 27.2 Å². The first-order chi connectivity index (χ1) is 9.77. The van der Waals surface area contributed by atoms with Crippen molar-refractivity contribution in [1.82, 2.24) is 14.5 Å². The van der Waals surface area contributed by atoms with Crippen LogP contribution in [0.5, 0.6) is 0 Å². The van der Waals surface area contributed by atoms with Gasteiger partial charge in [-0.2, -0.15) is 4.31 Å². The molecule has 0 spiro atoms. The second-order valence-electron chi connectivity index (χ2n) is 5.85. The Balaban J connectivity index is 2.30. The predicted octanol–water partition coefficient (Wildman–Crippen LogP) is 1.49. The third-order valence-corrected chi connectivity index (χ3v) is 7.36. The number of nitrogens with zero attached hydrogens (tertiary/aromatic N) is 2. The van der Waals surface area contributed by atoms with E-state index in [1.165, 1.54) is 0 Å². The van der Waals surface area contributed by atoms with Gasteiger partial charge in [0, 0.05) is 41.5 Å². The molecule has 1 aliphatic rings. The summed E-state index contributed by atoms with van der Waals surface area (Å²) in [6, 6.07) is 2.29. The summed E-state index contributed by atoms with van der Waals surface area (Å²) in [6.07, 6.45) is 0. The number of hydrogen-bond donors (Lipinski definition) is 1. The maximum absolute atomic E-state index is 12.9. The molecular formula is C14H25N3O2S2. The van der Waals surface area contributed by atoms with Gasteiger partial charge in [0.1, 0.15) is 0 Å². The molecule has 0 aliphatic carbocycles. The molecule has 2 heterocycles. The first-order valence-electron chi connectivity index (χ1n) is 7.23. The lowest BCUT2D eigenvalue weighted by atomic mass is 10.1. The Labute approximate surface area is 132 Å². The van der Waals surface area contributed by atoms with Gasteiger partial charge in [-0.1, -0.05) is 0 Å². The molecule has 21 heavy (non-hydrogen) atoms. The molecule has 2 atom stereocenters. The summed E-state index contributed by atoms with van der Waals surface area (Å²) in [5.41, 5.74) is 0. The number of nitrogens with one attached hydrogen (secondary N) is 1. The van der Waals surface area contributed by atoms with Crippen molar-refractivity contribution in [3.63, 3.8) is 0 Å². The highest BCUT2D eigenvalue weighted by Crippen LogP contribution is 2.30. The molecule has 1 fully saturated rings. The molecule has 1 aromatic heterocycles. The fourth-order valence-corrected chi connectivity index (χ4v) is 5.95. The van der Waals surface area contributed by atoms with E-state index in [2.05, 4.69) is 31.1 Å². The smallest absolute Gasteiger partial charge is 0.244 e. The van der Waals surface area contributed by atoms with Crippen LogP contribution < -0.4 is 5.32 Å². The third-order valence-electron chi connectivity index (χ3n) is 4.22. The molecule has 1 aliphatic heterocycles. The minimum atomic E-state index is -3.39. The van der Waals surface area contributed by atoms with Crippen LogP contribution in [0.2, 0.25) is 0 Å². The lowest BCUT2D eigenvalue weighted by Gasteiger charge is -2.41. The van der Waals surface area contributed by atoms with Gasteiger partial charge in [0.2, 0.25) is 10.0 Å². The molecule has 5 nitrogen and oxygen atoms in total. The number of hydrogen-bond acceptors (Lipinski definition) is 5. The predicted molar refractivity (Wildman–Crippen MR) is 87.3 cm³/mol. The van der Waals surface area contributed by atoms with Crippen LogP contribution in [0.1, 0.15) is 23.6 Å². The van der Waals surface area contributed by atoms with Gasteiger partial charge in [-0.05, 0) is 40.9 Å². The third kappa shape index (κ3) is 3.32. The molecular weight excluding hydrogens is 306 g/mol. The normalized spacial score (nSPS) is 25.4. The largest absolute Gasteiger partial charge is 0.315 e. The van der Waals surface area contributed by atoms with Gasteiger partial charge in [-0.3, -0.25) is 4.90 Å². The van der Waals surface area contributed by atoms with Crippen molar-refractivity contribution < 1.29 is 8.42 Å². The standard InChI is InChI=1S/C14H25N3O2S2/c1-10-8-17(9-11(2)16(10)5)21(18,19)14-6-13(7-15-4)20-12(14)3/h6,10-11,15H,7-9H2,1-5H3. The van der Waals surface area contributed by atoms with Crippen molar-refractivity contribution in [3.05, 3.63) is 15.8 Å². The minimum absolute atomic E-state index is 0.235. The molecule has 0 bridgehead atoms. The zero-order chi connectivity index (χ0) is 15.8. The van der Waals surface area contributed by atoms with Gasteiger partial charge in [-0.15, -0.1) is 11.3 Å². The van der Waals surface area contributed by atoms with Crippen molar-refractivity contribution in [2.24, 2.45) is 0 Å². The van der Waals surface area contributed by atoms with Crippen LogP contribution in [0.15, 0.2) is 11.0 Å². The van der Waals surface area contributed by atoms with Crippen LogP contribution in [0.25, 0.3) is 0 Å². The van der Waals surface area contributed by atoms with E-state index in [4.69, 9.17) is 0 Å². The summed E-state index contributed by atoms with van der Waals surface area (Å²) >= 11 is 1.55. The molecule has 2 unspecified atom stereocenters. The summed E-state index contributed by atoms with van der Waals surface area (Å²) < 4.78 is 27.5. The van der Waals surface area contributed by atoms with E-state index in [-0.39, 0.29) is 12.1 Å². The van der Waals surface area contributed by atoms with E-state index >= 15 is 0 Å². The summed E-state index contributed by atoms with van der Waals surface area (Å²) in [7, 11) is 0.534. The molecule has 120 valence electrons. The number of rotatable bonds is 4. The van der Waals surface area contributed by atoms with Crippen LogP contribution in [-0.2, 0) is 16.6 Å². The molecule has 2 rings (SSSR count). The molecule has 0 aromatic carbocycles.